The highest BCUT2D eigenvalue weighted by molar-refractivity contribution is 5.93. The number of carbonyl (C=O) groups is 3. The molecule has 2 heterocycles. The van der Waals surface area contributed by atoms with Gasteiger partial charge < -0.3 is 15.5 Å². The molecule has 0 spiro atoms. The molecule has 14 atom stereocenters. The molecule has 6 fully saturated rings. The second kappa shape index (κ2) is 12.2. The summed E-state index contributed by atoms with van der Waals surface area (Å²) in [4.78, 5) is 43.5. The molecule has 2 aliphatic heterocycles. The monoisotopic (exact) mass is 714 g/mol. The van der Waals surface area contributed by atoms with Crippen LogP contribution in [0.25, 0.3) is 0 Å². The van der Waals surface area contributed by atoms with Gasteiger partial charge >= 0.3 is 0 Å². The number of rotatable bonds is 5. The molecule has 0 aromatic rings. The van der Waals surface area contributed by atoms with E-state index in [9.17, 15) is 14.4 Å². The van der Waals surface area contributed by atoms with Crippen LogP contribution >= 0.6 is 0 Å². The first-order chi connectivity index (χ1) is 24.4. The van der Waals surface area contributed by atoms with Gasteiger partial charge in [0.05, 0.1) is 5.54 Å². The summed E-state index contributed by atoms with van der Waals surface area (Å²) in [7, 11) is 2.07. The van der Waals surface area contributed by atoms with E-state index in [4.69, 9.17) is 0 Å². The average Bonchev–Trinajstić information content (AvgIpc) is 3.62. The Kier molecular flexibility index (Phi) is 8.64. The summed E-state index contributed by atoms with van der Waals surface area (Å²) in [6.45, 7) is 19.1. The maximum atomic E-state index is 14.0. The number of amides is 3. The van der Waals surface area contributed by atoms with E-state index < -0.39 is 5.54 Å². The van der Waals surface area contributed by atoms with Gasteiger partial charge in [0.1, 0.15) is 0 Å². The maximum Gasteiger partial charge on any atom is 0.246 e. The van der Waals surface area contributed by atoms with E-state index >= 15 is 0 Å². The summed E-state index contributed by atoms with van der Waals surface area (Å²) in [6.07, 6.45) is 23.2. The van der Waals surface area contributed by atoms with Crippen LogP contribution in [0.1, 0.15) is 152 Å². The molecule has 0 bridgehead atoms. The highest BCUT2D eigenvalue weighted by Gasteiger charge is 2.71. The molecular weight excluding hydrogens is 643 g/mol. The minimum absolute atomic E-state index is 0.0501. The Hall–Kier alpha value is -2.11. The van der Waals surface area contributed by atoms with Crippen molar-refractivity contribution in [1.29, 1.82) is 0 Å². The van der Waals surface area contributed by atoms with Crippen molar-refractivity contribution >= 4 is 17.7 Å². The van der Waals surface area contributed by atoms with Gasteiger partial charge in [-0.2, -0.15) is 0 Å². The summed E-state index contributed by atoms with van der Waals surface area (Å²) in [5.74, 6) is 4.26. The smallest absolute Gasteiger partial charge is 0.246 e. The number of hydrogen-bond donors (Lipinski definition) is 2. The molecule has 6 saturated carbocycles. The zero-order valence-electron chi connectivity index (χ0n) is 34.2. The molecule has 2 N–H and O–H groups in total. The second-order valence-corrected chi connectivity index (χ2v) is 22.0. The minimum Gasteiger partial charge on any atom is -0.353 e. The van der Waals surface area contributed by atoms with Gasteiger partial charge in [-0.25, -0.2) is 0 Å². The van der Waals surface area contributed by atoms with Gasteiger partial charge in [0.2, 0.25) is 17.7 Å². The molecule has 0 saturated heterocycles. The predicted molar refractivity (Wildman–Crippen MR) is 208 cm³/mol. The minimum atomic E-state index is -0.522. The van der Waals surface area contributed by atoms with E-state index in [0.717, 1.165) is 57.3 Å². The van der Waals surface area contributed by atoms with Crippen LogP contribution in [-0.4, -0.2) is 47.3 Å². The van der Waals surface area contributed by atoms with Crippen molar-refractivity contribution in [2.24, 2.45) is 68.5 Å². The zero-order chi connectivity index (χ0) is 37.2. The Morgan fingerprint density at radius 1 is 0.885 bits per heavy atom. The molecule has 0 radical (unpaired) electrons. The van der Waals surface area contributed by atoms with Crippen LogP contribution in [0, 0.1) is 68.5 Å². The Bertz CT molecular complexity index is 1560. The van der Waals surface area contributed by atoms with Crippen LogP contribution < -0.4 is 10.6 Å². The molecule has 8 aliphatic rings. The molecular formula is C46H71N3O3. The highest BCUT2D eigenvalue weighted by atomic mass is 16.2. The lowest BCUT2D eigenvalue weighted by molar-refractivity contribution is -0.159. The number of likely N-dealkylation sites (N-methyl/N-ethyl adjacent to an activating group) is 1. The number of nitrogens with zero attached hydrogens (tertiary/aromatic N) is 1. The molecule has 52 heavy (non-hydrogen) atoms. The summed E-state index contributed by atoms with van der Waals surface area (Å²) in [6, 6.07) is 0.354. The van der Waals surface area contributed by atoms with Crippen LogP contribution in [0.4, 0.5) is 0 Å². The average molecular weight is 714 g/mol. The van der Waals surface area contributed by atoms with Crippen LogP contribution in [0.3, 0.4) is 0 Å². The Labute approximate surface area is 315 Å². The van der Waals surface area contributed by atoms with Crippen molar-refractivity contribution in [3.8, 4) is 0 Å². The van der Waals surface area contributed by atoms with Crippen LogP contribution in [-0.2, 0) is 14.4 Å². The number of carbonyl (C=O) groups excluding carboxylic acids is 3. The van der Waals surface area contributed by atoms with Crippen LogP contribution in [0.2, 0.25) is 0 Å². The van der Waals surface area contributed by atoms with Gasteiger partial charge in [0.15, 0.2) is 0 Å². The first kappa shape index (κ1) is 36.8. The Balaban J connectivity index is 1.12. The van der Waals surface area contributed by atoms with Crippen molar-refractivity contribution in [2.45, 2.75) is 169 Å². The van der Waals surface area contributed by atoms with Gasteiger partial charge in [-0.15, -0.1) is 0 Å². The second-order valence-electron chi connectivity index (χ2n) is 22.0. The van der Waals surface area contributed by atoms with E-state index in [1.165, 1.54) is 44.1 Å². The molecule has 6 nitrogen and oxygen atoms in total. The third-order valence-electron chi connectivity index (χ3n) is 18.4. The molecule has 4 unspecified atom stereocenters. The standard InChI is InChI=1S/C46H71N3O3/c1-28(27-41(2,3)4)25-38(50)47-36-15-13-32-30-16-24-46(44(7,23-19-40(52)49(46)9)33(30)18-22-43(32,36)6)35-26-39(51)48-37-14-12-29-31-11-10-20-42(31,5)21-17-34(29)45(35,37)8/h19,23,26,28-34,36-37H,10-18,20-22,24-25,27H2,1-9H3,(H,47,50)(H,48,51)/t28?,29-,30-,31-,32-,33+,34+,36?,37?,42-,43-,44+,45-,46?/m0/s1. The van der Waals surface area contributed by atoms with Gasteiger partial charge in [-0.3, -0.25) is 14.4 Å². The van der Waals surface area contributed by atoms with Crippen molar-refractivity contribution in [2.75, 3.05) is 7.05 Å². The molecule has 8 rings (SSSR count). The SMILES string of the molecule is CC(CC(=O)NC1CC[C@H]2[C@@H]3CCC4(C5=CC(=O)NC6CC[C@@H]7[C@@H](CC[C@]8(C)CCC[C@@H]78)[C@@]56C)N(C)C(=O)C=C[C@]4(C)[C@@H]3CC[C@]12C)CC(C)(C)C. The summed E-state index contributed by atoms with van der Waals surface area (Å²) < 4.78 is 0. The first-order valence-corrected chi connectivity index (χ1v) is 21.7. The largest absolute Gasteiger partial charge is 0.353 e. The van der Waals surface area contributed by atoms with Gasteiger partial charge in [-0.1, -0.05) is 67.9 Å². The zero-order valence-corrected chi connectivity index (χ0v) is 34.2. The number of nitrogens with one attached hydrogen (secondary N) is 2. The topological polar surface area (TPSA) is 78.5 Å². The molecule has 288 valence electrons. The fraction of sp³-hybridized carbons (Fsp3) is 0.848. The lowest BCUT2D eigenvalue weighted by atomic mass is 9.39. The van der Waals surface area contributed by atoms with Crippen molar-refractivity contribution in [3.05, 3.63) is 23.8 Å². The Morgan fingerprint density at radius 2 is 1.62 bits per heavy atom. The quantitative estimate of drug-likeness (QED) is 0.299. The molecule has 3 amide bonds. The normalized spacial score (nSPS) is 48.6. The van der Waals surface area contributed by atoms with E-state index in [1.54, 1.807) is 0 Å². The summed E-state index contributed by atoms with van der Waals surface area (Å²) in [5.41, 5.74) is 1.11. The van der Waals surface area contributed by atoms with Gasteiger partial charge in [0, 0.05) is 42.5 Å². The number of fused-ring (bicyclic) bond motifs is 10. The Morgan fingerprint density at radius 3 is 2.37 bits per heavy atom. The third kappa shape index (κ3) is 5.16. The van der Waals surface area contributed by atoms with Crippen LogP contribution in [0.15, 0.2) is 23.8 Å². The fourth-order valence-corrected chi connectivity index (χ4v) is 16.3. The fourth-order valence-electron chi connectivity index (χ4n) is 16.3. The number of hydrogen-bond acceptors (Lipinski definition) is 3. The van der Waals surface area contributed by atoms with Crippen LogP contribution in [0.5, 0.6) is 0 Å². The maximum absolute atomic E-state index is 14.0. The molecule has 6 heteroatoms. The van der Waals surface area contributed by atoms with E-state index in [-0.39, 0.29) is 51.5 Å². The summed E-state index contributed by atoms with van der Waals surface area (Å²) >= 11 is 0. The van der Waals surface area contributed by atoms with Gasteiger partial charge in [-0.05, 0) is 153 Å². The molecule has 0 aromatic heterocycles. The van der Waals surface area contributed by atoms with Crippen molar-refractivity contribution < 1.29 is 14.4 Å². The third-order valence-corrected chi connectivity index (χ3v) is 18.4. The van der Waals surface area contributed by atoms with E-state index in [2.05, 4.69) is 84.0 Å². The lowest BCUT2D eigenvalue weighted by Gasteiger charge is -2.70. The highest BCUT2D eigenvalue weighted by Crippen LogP contribution is 2.72. The molecule has 6 aliphatic carbocycles. The van der Waals surface area contributed by atoms with Crippen molar-refractivity contribution in [1.82, 2.24) is 15.5 Å². The first-order valence-electron chi connectivity index (χ1n) is 21.7. The molecule has 0 aromatic carbocycles. The van der Waals surface area contributed by atoms with E-state index in [1.807, 2.05) is 12.2 Å². The van der Waals surface area contributed by atoms with Gasteiger partial charge in [0.25, 0.3) is 0 Å². The summed E-state index contributed by atoms with van der Waals surface area (Å²) in [5, 5.41) is 7.12. The van der Waals surface area contributed by atoms with Crippen molar-refractivity contribution in [3.63, 3.8) is 0 Å². The predicted octanol–water partition coefficient (Wildman–Crippen LogP) is 9.00. The van der Waals surface area contributed by atoms with E-state index in [0.29, 0.717) is 47.3 Å². The lowest BCUT2D eigenvalue weighted by Crippen LogP contribution is -2.73.